The maximum absolute atomic E-state index is 14.3. The van der Waals surface area contributed by atoms with Crippen molar-refractivity contribution in [1.29, 1.82) is 0 Å². The maximum atomic E-state index is 14.3. The summed E-state index contributed by atoms with van der Waals surface area (Å²) in [6.07, 6.45) is -0.394. The molecular formula is C24H20F4N4O3. The number of halogens is 4. The molecule has 0 saturated carbocycles. The number of carbonyl (C=O) groups is 1. The van der Waals surface area contributed by atoms with Crippen molar-refractivity contribution in [3.05, 3.63) is 81.7 Å². The van der Waals surface area contributed by atoms with Gasteiger partial charge in [-0.25, -0.2) is 9.37 Å². The minimum absolute atomic E-state index is 0.130. The molecule has 11 heteroatoms. The Labute approximate surface area is 196 Å². The summed E-state index contributed by atoms with van der Waals surface area (Å²) in [4.78, 5) is 32.2. The molecule has 0 spiro atoms. The molecule has 7 nitrogen and oxygen atoms in total. The molecule has 1 aliphatic heterocycles. The van der Waals surface area contributed by atoms with Gasteiger partial charge in [0.25, 0.3) is 11.5 Å². The average Bonchev–Trinajstić information content (AvgIpc) is 3.39. The van der Waals surface area contributed by atoms with Crippen molar-refractivity contribution in [2.75, 3.05) is 0 Å². The van der Waals surface area contributed by atoms with Crippen molar-refractivity contribution in [1.82, 2.24) is 19.0 Å². The Hall–Kier alpha value is -3.89. The standard InChI is InChI=1S/C24H20F4N4O3/c1-12-8-30(11-29-12)19-4-5-20-23(34)32(13(2)9-31(20)22(19)33)14(3)16-10-35-21-7-17(24(26,27)28)18(25)6-15(16)21/h4-8,10-11,13-14H,9H2,1-3H3. The van der Waals surface area contributed by atoms with Crippen LogP contribution >= 0.6 is 0 Å². The zero-order valence-electron chi connectivity index (χ0n) is 18.9. The number of furan rings is 1. The van der Waals surface area contributed by atoms with Crippen LogP contribution in [-0.4, -0.2) is 31.0 Å². The van der Waals surface area contributed by atoms with Gasteiger partial charge in [0.1, 0.15) is 22.8 Å². The number of fused-ring (bicyclic) bond motifs is 2. The Balaban J connectivity index is 1.53. The molecule has 2 unspecified atom stereocenters. The van der Waals surface area contributed by atoms with Crippen LogP contribution in [0.1, 0.15) is 47.2 Å². The van der Waals surface area contributed by atoms with E-state index in [-0.39, 0.29) is 28.8 Å². The van der Waals surface area contributed by atoms with Gasteiger partial charge in [0.2, 0.25) is 0 Å². The second-order valence-electron chi connectivity index (χ2n) is 8.70. The molecule has 1 aromatic carbocycles. The van der Waals surface area contributed by atoms with E-state index in [1.807, 2.05) is 0 Å². The molecule has 1 amide bonds. The predicted octanol–water partition coefficient (Wildman–Crippen LogP) is 4.85. The van der Waals surface area contributed by atoms with Crippen molar-refractivity contribution >= 4 is 16.9 Å². The number of hydrogen-bond acceptors (Lipinski definition) is 4. The third kappa shape index (κ3) is 3.62. The molecule has 0 fully saturated rings. The van der Waals surface area contributed by atoms with E-state index in [4.69, 9.17) is 4.42 Å². The average molecular weight is 488 g/mol. The van der Waals surface area contributed by atoms with Gasteiger partial charge in [0.05, 0.1) is 29.9 Å². The highest BCUT2D eigenvalue weighted by atomic mass is 19.4. The van der Waals surface area contributed by atoms with Gasteiger partial charge in [0, 0.05) is 29.7 Å². The molecule has 2 atom stereocenters. The fourth-order valence-electron chi connectivity index (χ4n) is 4.68. The van der Waals surface area contributed by atoms with E-state index in [9.17, 15) is 27.2 Å². The number of aromatic nitrogens is 3. The summed E-state index contributed by atoms with van der Waals surface area (Å²) in [5.74, 6) is -1.85. The molecule has 35 heavy (non-hydrogen) atoms. The SMILES string of the molecule is Cc1cn(-c2ccc3n(c2=O)CC(C)N(C(C)c2coc4cc(C(F)(F)F)c(F)cc24)C3=O)cn1. The topological polar surface area (TPSA) is 73.3 Å². The molecular weight excluding hydrogens is 468 g/mol. The molecule has 0 aliphatic carbocycles. The summed E-state index contributed by atoms with van der Waals surface area (Å²) in [6, 6.07) is 3.42. The lowest BCUT2D eigenvalue weighted by Gasteiger charge is -2.39. The molecule has 0 bridgehead atoms. The van der Waals surface area contributed by atoms with E-state index < -0.39 is 35.5 Å². The van der Waals surface area contributed by atoms with Gasteiger partial charge >= 0.3 is 6.18 Å². The van der Waals surface area contributed by atoms with Gasteiger partial charge in [0.15, 0.2) is 0 Å². The van der Waals surface area contributed by atoms with Crippen LogP contribution in [0.4, 0.5) is 17.6 Å². The number of aryl methyl sites for hydroxylation is 1. The Bertz CT molecular complexity index is 1530. The molecule has 3 aromatic heterocycles. The van der Waals surface area contributed by atoms with Crippen LogP contribution < -0.4 is 5.56 Å². The van der Waals surface area contributed by atoms with E-state index in [0.717, 1.165) is 11.8 Å². The maximum Gasteiger partial charge on any atom is 0.419 e. The largest absolute Gasteiger partial charge is 0.464 e. The normalized spacial score (nSPS) is 17.2. The number of benzene rings is 1. The highest BCUT2D eigenvalue weighted by Gasteiger charge is 2.38. The van der Waals surface area contributed by atoms with Crippen LogP contribution in [0.5, 0.6) is 0 Å². The molecule has 182 valence electrons. The zero-order valence-corrected chi connectivity index (χ0v) is 18.9. The number of pyridine rings is 1. The third-order valence-electron chi connectivity index (χ3n) is 6.39. The van der Waals surface area contributed by atoms with E-state index in [1.165, 1.54) is 22.1 Å². The molecule has 0 saturated heterocycles. The second kappa shape index (κ2) is 7.82. The molecule has 0 N–H and O–H groups in total. The molecule has 5 rings (SSSR count). The summed E-state index contributed by atoms with van der Waals surface area (Å²) in [5, 5.41) is 0.150. The van der Waals surface area contributed by atoms with Crippen molar-refractivity contribution in [2.24, 2.45) is 0 Å². The number of amides is 1. The summed E-state index contributed by atoms with van der Waals surface area (Å²) in [6.45, 7) is 5.45. The molecule has 4 heterocycles. The summed E-state index contributed by atoms with van der Waals surface area (Å²) in [7, 11) is 0. The monoisotopic (exact) mass is 488 g/mol. The van der Waals surface area contributed by atoms with Crippen molar-refractivity contribution < 1.29 is 26.8 Å². The van der Waals surface area contributed by atoms with Crippen LogP contribution in [0.25, 0.3) is 16.7 Å². The Morgan fingerprint density at radius 1 is 1.20 bits per heavy atom. The first-order valence-corrected chi connectivity index (χ1v) is 10.8. The van der Waals surface area contributed by atoms with Crippen molar-refractivity contribution in [2.45, 2.75) is 45.6 Å². The number of rotatable bonds is 3. The highest BCUT2D eigenvalue weighted by molar-refractivity contribution is 5.94. The Kier molecular flexibility index (Phi) is 5.11. The summed E-state index contributed by atoms with van der Waals surface area (Å²) in [5.41, 5.74) is -0.251. The predicted molar refractivity (Wildman–Crippen MR) is 118 cm³/mol. The highest BCUT2D eigenvalue weighted by Crippen LogP contribution is 2.38. The number of nitrogens with zero attached hydrogens (tertiary/aromatic N) is 4. The first-order valence-electron chi connectivity index (χ1n) is 10.8. The minimum atomic E-state index is -4.86. The second-order valence-corrected chi connectivity index (χ2v) is 8.70. The van der Waals surface area contributed by atoms with Crippen LogP contribution in [-0.2, 0) is 12.7 Å². The first-order chi connectivity index (χ1) is 16.5. The van der Waals surface area contributed by atoms with Crippen LogP contribution in [0, 0.1) is 12.7 Å². The van der Waals surface area contributed by atoms with E-state index in [0.29, 0.717) is 17.3 Å². The van der Waals surface area contributed by atoms with Gasteiger partial charge in [-0.3, -0.25) is 9.59 Å². The summed E-state index contributed by atoms with van der Waals surface area (Å²) < 4.78 is 61.8. The molecule has 4 aromatic rings. The smallest absolute Gasteiger partial charge is 0.419 e. The third-order valence-corrected chi connectivity index (χ3v) is 6.39. The lowest BCUT2D eigenvalue weighted by atomic mass is 10.0. The van der Waals surface area contributed by atoms with Gasteiger partial charge in [-0.2, -0.15) is 13.2 Å². The lowest BCUT2D eigenvalue weighted by Crippen LogP contribution is -2.50. The lowest BCUT2D eigenvalue weighted by molar-refractivity contribution is -0.139. The quantitative estimate of drug-likeness (QED) is 0.387. The van der Waals surface area contributed by atoms with Gasteiger partial charge in [-0.1, -0.05) is 0 Å². The summed E-state index contributed by atoms with van der Waals surface area (Å²) >= 11 is 0. The first kappa shape index (κ1) is 22.9. The zero-order chi connectivity index (χ0) is 25.2. The van der Waals surface area contributed by atoms with Crippen LogP contribution in [0.3, 0.4) is 0 Å². The number of hydrogen-bond donors (Lipinski definition) is 0. The van der Waals surface area contributed by atoms with E-state index >= 15 is 0 Å². The Morgan fingerprint density at radius 2 is 1.94 bits per heavy atom. The Morgan fingerprint density at radius 3 is 2.60 bits per heavy atom. The van der Waals surface area contributed by atoms with E-state index in [1.54, 1.807) is 43.7 Å². The van der Waals surface area contributed by atoms with Crippen LogP contribution in [0.15, 0.2) is 52.3 Å². The van der Waals surface area contributed by atoms with Gasteiger partial charge < -0.3 is 18.5 Å². The molecule has 0 radical (unpaired) electrons. The van der Waals surface area contributed by atoms with E-state index in [2.05, 4.69) is 4.98 Å². The molecule has 1 aliphatic rings. The number of carbonyl (C=O) groups excluding carboxylic acids is 1. The number of alkyl halides is 3. The van der Waals surface area contributed by atoms with Crippen molar-refractivity contribution in [3.63, 3.8) is 0 Å². The number of imidazole rings is 1. The fourth-order valence-corrected chi connectivity index (χ4v) is 4.68. The van der Waals surface area contributed by atoms with Crippen molar-refractivity contribution in [3.8, 4) is 5.69 Å². The van der Waals surface area contributed by atoms with Gasteiger partial charge in [-0.05, 0) is 45.0 Å². The fraction of sp³-hybridized carbons (Fsp3) is 0.292. The van der Waals surface area contributed by atoms with Gasteiger partial charge in [-0.15, -0.1) is 0 Å². The minimum Gasteiger partial charge on any atom is -0.464 e. The van der Waals surface area contributed by atoms with Crippen LogP contribution in [0.2, 0.25) is 0 Å².